The zero-order chi connectivity index (χ0) is 24.4. The molecule has 4 aromatic rings. The van der Waals surface area contributed by atoms with Gasteiger partial charge in [-0.25, -0.2) is 14.3 Å². The highest BCUT2D eigenvalue weighted by Crippen LogP contribution is 2.24. The SMILES string of the molecule is COCCn1cnc2c1c(=O)n(CC(=O)Nc1ccc3c(c1)CCC3)c(=O)n2Cc1ccccc1. The van der Waals surface area contributed by atoms with Crippen LogP contribution in [0.25, 0.3) is 11.2 Å². The third kappa shape index (κ3) is 4.54. The van der Waals surface area contributed by atoms with Crippen LogP contribution < -0.4 is 16.6 Å². The average Bonchev–Trinajstić information content (AvgIpc) is 3.50. The van der Waals surface area contributed by atoms with Gasteiger partial charge in [-0.2, -0.15) is 0 Å². The fraction of sp³-hybridized carbons (Fsp3) is 0.308. The Balaban J connectivity index is 1.52. The van der Waals surface area contributed by atoms with E-state index >= 15 is 0 Å². The van der Waals surface area contributed by atoms with E-state index in [4.69, 9.17) is 4.74 Å². The quantitative estimate of drug-likeness (QED) is 0.423. The summed E-state index contributed by atoms with van der Waals surface area (Å²) in [4.78, 5) is 44.1. The molecule has 1 N–H and O–H groups in total. The van der Waals surface area contributed by atoms with Crippen LogP contribution in [0.2, 0.25) is 0 Å². The van der Waals surface area contributed by atoms with Crippen molar-refractivity contribution in [1.29, 1.82) is 0 Å². The number of aromatic nitrogens is 4. The molecule has 0 unspecified atom stereocenters. The lowest BCUT2D eigenvalue weighted by Gasteiger charge is -2.13. The number of carbonyl (C=O) groups is 1. The molecule has 9 nitrogen and oxygen atoms in total. The van der Waals surface area contributed by atoms with E-state index in [1.54, 1.807) is 11.7 Å². The van der Waals surface area contributed by atoms with Crippen molar-refractivity contribution in [2.24, 2.45) is 0 Å². The van der Waals surface area contributed by atoms with Crippen LogP contribution in [0.1, 0.15) is 23.1 Å². The summed E-state index contributed by atoms with van der Waals surface area (Å²) in [6.45, 7) is 0.605. The first-order valence-corrected chi connectivity index (χ1v) is 11.7. The van der Waals surface area contributed by atoms with E-state index in [1.165, 1.54) is 22.0 Å². The Morgan fingerprint density at radius 3 is 2.66 bits per heavy atom. The number of imidazole rings is 1. The van der Waals surface area contributed by atoms with Gasteiger partial charge in [0.25, 0.3) is 5.56 Å². The second-order valence-corrected chi connectivity index (χ2v) is 8.73. The number of methoxy groups -OCH3 is 1. The van der Waals surface area contributed by atoms with Crippen molar-refractivity contribution >= 4 is 22.8 Å². The van der Waals surface area contributed by atoms with Gasteiger partial charge in [-0.3, -0.25) is 14.2 Å². The molecule has 0 radical (unpaired) electrons. The van der Waals surface area contributed by atoms with Crippen LogP contribution in [0.3, 0.4) is 0 Å². The van der Waals surface area contributed by atoms with Crippen molar-refractivity contribution in [3.63, 3.8) is 0 Å². The summed E-state index contributed by atoms with van der Waals surface area (Å²) >= 11 is 0. The minimum atomic E-state index is -0.576. The highest BCUT2D eigenvalue weighted by atomic mass is 16.5. The number of anilines is 1. The molecule has 0 bridgehead atoms. The molecular formula is C26H27N5O4. The van der Waals surface area contributed by atoms with Crippen LogP contribution in [0.15, 0.2) is 64.4 Å². The number of amides is 1. The molecule has 0 aliphatic heterocycles. The minimum Gasteiger partial charge on any atom is -0.383 e. The van der Waals surface area contributed by atoms with Crippen molar-refractivity contribution in [1.82, 2.24) is 18.7 Å². The summed E-state index contributed by atoms with van der Waals surface area (Å²) in [6, 6.07) is 15.3. The van der Waals surface area contributed by atoms with E-state index in [2.05, 4.69) is 10.3 Å². The Labute approximate surface area is 201 Å². The summed E-state index contributed by atoms with van der Waals surface area (Å²) in [5.74, 6) is -0.435. The summed E-state index contributed by atoms with van der Waals surface area (Å²) in [6.07, 6.45) is 4.68. The summed E-state index contributed by atoms with van der Waals surface area (Å²) in [5.41, 5.74) is 3.51. The number of rotatable bonds is 8. The fourth-order valence-corrected chi connectivity index (χ4v) is 4.64. The first-order valence-electron chi connectivity index (χ1n) is 11.7. The lowest BCUT2D eigenvalue weighted by atomic mass is 10.1. The maximum atomic E-state index is 13.4. The monoisotopic (exact) mass is 473 g/mol. The van der Waals surface area contributed by atoms with Crippen molar-refractivity contribution in [3.05, 3.63) is 92.4 Å². The number of fused-ring (bicyclic) bond motifs is 2. The number of carbonyl (C=O) groups excluding carboxylic acids is 1. The second-order valence-electron chi connectivity index (χ2n) is 8.73. The normalized spacial score (nSPS) is 12.7. The van der Waals surface area contributed by atoms with Gasteiger partial charge in [0.1, 0.15) is 6.54 Å². The van der Waals surface area contributed by atoms with Gasteiger partial charge in [-0.1, -0.05) is 36.4 Å². The molecule has 0 saturated carbocycles. The number of nitrogens with zero attached hydrogens (tertiary/aromatic N) is 4. The van der Waals surface area contributed by atoms with Crippen LogP contribution in [-0.4, -0.2) is 38.3 Å². The average molecular weight is 474 g/mol. The van der Waals surface area contributed by atoms with E-state index in [-0.39, 0.29) is 17.7 Å². The summed E-state index contributed by atoms with van der Waals surface area (Å²) in [7, 11) is 1.58. The molecule has 2 heterocycles. The van der Waals surface area contributed by atoms with E-state index in [0.29, 0.717) is 18.8 Å². The van der Waals surface area contributed by atoms with Crippen LogP contribution in [0.5, 0.6) is 0 Å². The van der Waals surface area contributed by atoms with Gasteiger partial charge in [-0.15, -0.1) is 0 Å². The van der Waals surface area contributed by atoms with Gasteiger partial charge < -0.3 is 14.6 Å². The van der Waals surface area contributed by atoms with Gasteiger partial charge in [0.2, 0.25) is 5.91 Å². The van der Waals surface area contributed by atoms with E-state index in [1.807, 2.05) is 48.5 Å². The first kappa shape index (κ1) is 22.8. The van der Waals surface area contributed by atoms with E-state index in [0.717, 1.165) is 29.4 Å². The van der Waals surface area contributed by atoms with E-state index in [9.17, 15) is 14.4 Å². The van der Waals surface area contributed by atoms with Crippen molar-refractivity contribution in [2.75, 3.05) is 19.0 Å². The highest BCUT2D eigenvalue weighted by Gasteiger charge is 2.20. The van der Waals surface area contributed by atoms with Crippen molar-refractivity contribution < 1.29 is 9.53 Å². The molecule has 0 spiro atoms. The number of ether oxygens (including phenoxy) is 1. The molecule has 9 heteroatoms. The minimum absolute atomic E-state index is 0.226. The van der Waals surface area contributed by atoms with Gasteiger partial charge >= 0.3 is 5.69 Å². The molecular weight excluding hydrogens is 446 g/mol. The molecule has 1 aliphatic carbocycles. The molecule has 0 fully saturated rings. The molecule has 180 valence electrons. The van der Waals surface area contributed by atoms with Crippen LogP contribution in [0, 0.1) is 0 Å². The van der Waals surface area contributed by atoms with Gasteiger partial charge in [0.15, 0.2) is 11.2 Å². The zero-order valence-electron chi connectivity index (χ0n) is 19.6. The van der Waals surface area contributed by atoms with E-state index < -0.39 is 23.7 Å². The van der Waals surface area contributed by atoms with Gasteiger partial charge in [0.05, 0.1) is 19.5 Å². The summed E-state index contributed by atoms with van der Waals surface area (Å²) < 4.78 is 9.25. The van der Waals surface area contributed by atoms with Gasteiger partial charge in [-0.05, 0) is 48.1 Å². The predicted molar refractivity (Wildman–Crippen MR) is 133 cm³/mol. The van der Waals surface area contributed by atoms with Crippen LogP contribution in [-0.2, 0) is 42.0 Å². The van der Waals surface area contributed by atoms with Crippen LogP contribution in [0.4, 0.5) is 5.69 Å². The first-order chi connectivity index (χ1) is 17.0. The summed E-state index contributed by atoms with van der Waals surface area (Å²) in [5, 5.41) is 2.85. The Morgan fingerprint density at radius 1 is 1.06 bits per heavy atom. The topological polar surface area (TPSA) is 100 Å². The zero-order valence-corrected chi connectivity index (χ0v) is 19.6. The lowest BCUT2D eigenvalue weighted by molar-refractivity contribution is -0.116. The fourth-order valence-electron chi connectivity index (χ4n) is 4.64. The molecule has 5 rings (SSSR count). The maximum absolute atomic E-state index is 13.4. The smallest absolute Gasteiger partial charge is 0.333 e. The number of nitrogens with one attached hydrogen (secondary N) is 1. The number of hydrogen-bond donors (Lipinski definition) is 1. The number of hydrogen-bond acceptors (Lipinski definition) is 5. The lowest BCUT2D eigenvalue weighted by Crippen LogP contribution is -2.43. The third-order valence-corrected chi connectivity index (χ3v) is 6.39. The van der Waals surface area contributed by atoms with Crippen molar-refractivity contribution in [2.45, 2.75) is 38.9 Å². The van der Waals surface area contributed by atoms with Crippen molar-refractivity contribution in [3.8, 4) is 0 Å². The Morgan fingerprint density at radius 2 is 1.86 bits per heavy atom. The molecule has 0 saturated heterocycles. The molecule has 0 atom stereocenters. The number of benzene rings is 2. The maximum Gasteiger partial charge on any atom is 0.333 e. The Kier molecular flexibility index (Phi) is 6.33. The molecule has 35 heavy (non-hydrogen) atoms. The van der Waals surface area contributed by atoms with Crippen LogP contribution >= 0.6 is 0 Å². The largest absolute Gasteiger partial charge is 0.383 e. The molecule has 1 amide bonds. The predicted octanol–water partition coefficient (Wildman–Crippen LogP) is 2.18. The molecule has 1 aliphatic rings. The highest BCUT2D eigenvalue weighted by molar-refractivity contribution is 5.90. The Bertz CT molecular complexity index is 1500. The third-order valence-electron chi connectivity index (χ3n) is 6.39. The number of aryl methyl sites for hydroxylation is 2. The second kappa shape index (κ2) is 9.71. The van der Waals surface area contributed by atoms with Gasteiger partial charge in [0, 0.05) is 19.3 Å². The standard InChI is InChI=1S/C26H27N5O4/c1-35-13-12-29-17-27-24-23(29)25(33)31(26(34)30(24)15-18-6-3-2-4-7-18)16-22(32)28-21-11-10-19-8-5-9-20(19)14-21/h2-4,6-7,10-11,14,17H,5,8-9,12-13,15-16H2,1H3,(H,28,32). The Hall–Kier alpha value is -3.98. The molecule has 2 aromatic heterocycles. The molecule has 2 aromatic carbocycles.